The average Bonchev–Trinajstić information content (AvgIpc) is 2.29. The highest BCUT2D eigenvalue weighted by Crippen LogP contribution is 2.14. The van der Waals surface area contributed by atoms with Gasteiger partial charge in [-0.05, 0) is 26.6 Å². The van der Waals surface area contributed by atoms with E-state index < -0.39 is 9.71 Å². The highest BCUT2D eigenvalue weighted by Gasteiger charge is 2.18. The monoisotopic (exact) mass is 218 g/mol. The lowest BCUT2D eigenvalue weighted by molar-refractivity contribution is 0.518. The van der Waals surface area contributed by atoms with Gasteiger partial charge in [0.05, 0.1) is 9.71 Å². The fourth-order valence-corrected chi connectivity index (χ4v) is 3.49. The van der Waals surface area contributed by atoms with E-state index in [1.807, 2.05) is 20.8 Å². The summed E-state index contributed by atoms with van der Waals surface area (Å²) >= 11 is 1.36. The molecule has 13 heavy (non-hydrogen) atoms. The number of hydrogen-bond acceptors (Lipinski definition) is 3. The molecular weight excluding hydrogens is 204 g/mol. The van der Waals surface area contributed by atoms with Crippen LogP contribution < -0.4 is 4.72 Å². The average molecular weight is 218 g/mol. The Hall–Kier alpha value is -0.390. The molecule has 5 heteroatoms. The van der Waals surface area contributed by atoms with E-state index in [0.717, 1.165) is 0 Å². The summed E-state index contributed by atoms with van der Waals surface area (Å²) in [5, 5.41) is 1.80. The number of hydrogen-bond donors (Lipinski definition) is 1. The summed E-state index contributed by atoms with van der Waals surface area (Å²) < 4.78 is 15.5. The maximum absolute atomic E-state index is 12.0. The van der Waals surface area contributed by atoms with Crippen molar-refractivity contribution in [2.45, 2.75) is 30.6 Å². The summed E-state index contributed by atoms with van der Waals surface area (Å²) in [4.78, 5) is 3.99. The van der Waals surface area contributed by atoms with Crippen LogP contribution in [0.3, 0.4) is 0 Å². The molecule has 0 radical (unpaired) electrons. The van der Waals surface area contributed by atoms with Crippen LogP contribution in [0.2, 0.25) is 0 Å². The highest BCUT2D eigenvalue weighted by atomic mass is 32.2. The van der Waals surface area contributed by atoms with Crippen molar-refractivity contribution in [3.05, 3.63) is 11.6 Å². The zero-order chi connectivity index (χ0) is 10.1. The maximum atomic E-state index is 12.0. The van der Waals surface area contributed by atoms with Crippen molar-refractivity contribution in [3.8, 4) is 0 Å². The first-order valence-corrected chi connectivity index (χ1v) is 6.48. The topological polar surface area (TPSA) is 42.0 Å². The van der Waals surface area contributed by atoms with Crippen LogP contribution in [0.25, 0.3) is 0 Å². The summed E-state index contributed by atoms with van der Waals surface area (Å²) in [6.45, 7) is 5.85. The third-order valence-corrected chi connectivity index (χ3v) is 4.44. The Morgan fingerprint density at radius 2 is 2.23 bits per heavy atom. The number of aromatic nitrogens is 1. The van der Waals surface area contributed by atoms with Crippen molar-refractivity contribution in [1.82, 2.24) is 9.71 Å². The van der Waals surface area contributed by atoms with Crippen molar-refractivity contribution < 1.29 is 4.21 Å². The van der Waals surface area contributed by atoms with Gasteiger partial charge < -0.3 is 0 Å². The molecule has 0 aliphatic rings. The molecule has 1 N–H and O–H groups in total. The number of rotatable bonds is 2. The maximum Gasteiger partial charge on any atom is 0.186 e. The summed E-state index contributed by atoms with van der Waals surface area (Å²) in [6, 6.07) is 0. The molecule has 0 saturated carbocycles. The molecule has 0 aliphatic heterocycles. The van der Waals surface area contributed by atoms with Gasteiger partial charge in [-0.1, -0.05) is 0 Å². The minimum Gasteiger partial charge on any atom is -0.245 e. The lowest BCUT2D eigenvalue weighted by Crippen LogP contribution is -2.40. The normalized spacial score (nSPS) is 16.8. The molecule has 1 aromatic rings. The van der Waals surface area contributed by atoms with Crippen molar-refractivity contribution in [3.63, 3.8) is 0 Å². The van der Waals surface area contributed by atoms with Gasteiger partial charge in [0.1, 0.15) is 0 Å². The van der Waals surface area contributed by atoms with Crippen LogP contribution in [-0.4, -0.2) is 20.6 Å². The van der Waals surface area contributed by atoms with E-state index in [2.05, 4.69) is 15.6 Å². The van der Waals surface area contributed by atoms with Gasteiger partial charge in [-0.25, -0.2) is 13.9 Å². The molecule has 1 heterocycles. The van der Waals surface area contributed by atoms with Crippen molar-refractivity contribution in [1.29, 1.82) is 0 Å². The van der Waals surface area contributed by atoms with Gasteiger partial charge in [0.15, 0.2) is 4.34 Å². The third kappa shape index (κ3) is 3.10. The van der Waals surface area contributed by atoms with Crippen LogP contribution >= 0.6 is 11.3 Å². The Morgan fingerprint density at radius 3 is 2.62 bits per heavy atom. The zero-order valence-electron chi connectivity index (χ0n) is 8.03. The second kappa shape index (κ2) is 3.40. The molecule has 1 rings (SSSR count). The number of thiazole rings is 1. The largest absolute Gasteiger partial charge is 0.245 e. The van der Waals surface area contributed by atoms with Gasteiger partial charge in [0.25, 0.3) is 0 Å². The lowest BCUT2D eigenvalue weighted by Gasteiger charge is -2.22. The molecule has 0 fully saturated rings. The fourth-order valence-electron chi connectivity index (χ4n) is 0.911. The quantitative estimate of drug-likeness (QED) is 0.765. The van der Waals surface area contributed by atoms with E-state index in [0.29, 0.717) is 4.34 Å². The predicted octanol–water partition coefficient (Wildman–Crippen LogP) is 1.52. The summed E-state index contributed by atoms with van der Waals surface area (Å²) in [5.74, 6) is 3.66. The Labute approximate surface area is 83.3 Å². The van der Waals surface area contributed by atoms with Crippen LogP contribution in [0.4, 0.5) is 0 Å². The molecule has 0 aromatic carbocycles. The molecule has 0 bridgehead atoms. The van der Waals surface area contributed by atoms with E-state index in [1.165, 1.54) is 11.3 Å². The van der Waals surface area contributed by atoms with Crippen molar-refractivity contribution >= 4 is 26.9 Å². The van der Waals surface area contributed by atoms with Gasteiger partial charge in [0, 0.05) is 17.1 Å². The molecule has 0 spiro atoms. The minimum atomic E-state index is -2.42. The van der Waals surface area contributed by atoms with E-state index in [9.17, 15) is 4.21 Å². The fraction of sp³-hybridized carbons (Fsp3) is 0.500. The molecular formula is C8H14N2OS2. The second-order valence-electron chi connectivity index (χ2n) is 3.83. The number of nitrogens with zero attached hydrogens (tertiary/aromatic N) is 1. The molecule has 0 saturated heterocycles. The van der Waals surface area contributed by atoms with Gasteiger partial charge in [-0.15, -0.1) is 11.3 Å². The molecule has 0 aliphatic carbocycles. The van der Waals surface area contributed by atoms with Gasteiger partial charge in [-0.3, -0.25) is 0 Å². The molecule has 0 amide bonds. The predicted molar refractivity (Wildman–Crippen MR) is 58.5 cm³/mol. The smallest absolute Gasteiger partial charge is 0.186 e. The first-order chi connectivity index (χ1) is 5.81. The Balaban J connectivity index is 2.93. The first-order valence-electron chi connectivity index (χ1n) is 3.87. The molecule has 1 aromatic heterocycles. The summed E-state index contributed by atoms with van der Waals surface area (Å²) in [6.07, 6.45) is 1.63. The molecule has 1 atom stereocenters. The van der Waals surface area contributed by atoms with Crippen LogP contribution in [0.1, 0.15) is 20.8 Å². The van der Waals surface area contributed by atoms with Crippen LogP contribution in [0.15, 0.2) is 15.9 Å². The van der Waals surface area contributed by atoms with Crippen LogP contribution in [0.5, 0.6) is 0 Å². The van der Waals surface area contributed by atoms with E-state index in [-0.39, 0.29) is 5.54 Å². The van der Waals surface area contributed by atoms with Crippen molar-refractivity contribution in [2.75, 3.05) is 0 Å². The van der Waals surface area contributed by atoms with E-state index in [1.54, 1.807) is 11.6 Å². The lowest BCUT2D eigenvalue weighted by atomic mass is 10.1. The standard InChI is InChI=1S/C8H14N2OS2/c1-8(2,3)10-13(4,11)7-9-5-6-12-7/h5-6H,4H2,1-3H3,(H,10,11). The highest BCUT2D eigenvalue weighted by molar-refractivity contribution is 8.00. The number of nitrogens with one attached hydrogen (secondary N) is 1. The second-order valence-corrected chi connectivity index (χ2v) is 6.92. The molecule has 1 unspecified atom stereocenters. The Kier molecular flexibility index (Phi) is 2.79. The van der Waals surface area contributed by atoms with Gasteiger partial charge in [-0.2, -0.15) is 0 Å². The minimum absolute atomic E-state index is 0.218. The van der Waals surface area contributed by atoms with Crippen LogP contribution in [0, 0.1) is 0 Å². The molecule has 3 nitrogen and oxygen atoms in total. The molecule has 74 valence electrons. The van der Waals surface area contributed by atoms with Gasteiger partial charge in [0.2, 0.25) is 0 Å². The van der Waals surface area contributed by atoms with Gasteiger partial charge >= 0.3 is 0 Å². The first kappa shape index (κ1) is 10.7. The Bertz CT molecular complexity index is 359. The Morgan fingerprint density at radius 1 is 1.62 bits per heavy atom. The van der Waals surface area contributed by atoms with E-state index in [4.69, 9.17) is 0 Å². The zero-order valence-corrected chi connectivity index (χ0v) is 9.67. The van der Waals surface area contributed by atoms with Crippen molar-refractivity contribution in [2.24, 2.45) is 0 Å². The SMILES string of the molecule is C=S(=O)(NC(C)(C)C)c1nccs1. The van der Waals surface area contributed by atoms with E-state index >= 15 is 0 Å². The summed E-state index contributed by atoms with van der Waals surface area (Å²) in [7, 11) is -2.42. The third-order valence-electron chi connectivity index (χ3n) is 1.16. The van der Waals surface area contributed by atoms with Crippen LogP contribution in [-0.2, 0) is 9.71 Å². The summed E-state index contributed by atoms with van der Waals surface area (Å²) in [5.41, 5.74) is -0.218.